The molecule has 0 bridgehead atoms. The normalized spacial score (nSPS) is 11.2. The van der Waals surface area contributed by atoms with E-state index in [9.17, 15) is 8.42 Å². The summed E-state index contributed by atoms with van der Waals surface area (Å²) in [6.45, 7) is 1.92. The zero-order chi connectivity index (χ0) is 14.8. The first-order chi connectivity index (χ1) is 9.46. The van der Waals surface area contributed by atoms with Gasteiger partial charge in [-0.15, -0.1) is 0 Å². The van der Waals surface area contributed by atoms with Gasteiger partial charge in [-0.05, 0) is 36.8 Å². The van der Waals surface area contributed by atoms with Gasteiger partial charge in [0, 0.05) is 20.3 Å². The standard InChI is InChI=1S/C14H17N3O2S/c1-11-6-4-7-12(10-11)17(3)20(18,19)14-13(15-2)8-5-9-16-14/h4-10,15H,1-3H3. The molecule has 5 nitrogen and oxygen atoms in total. The van der Waals surface area contributed by atoms with E-state index >= 15 is 0 Å². The number of hydrogen-bond acceptors (Lipinski definition) is 4. The van der Waals surface area contributed by atoms with Gasteiger partial charge < -0.3 is 5.32 Å². The maximum atomic E-state index is 12.6. The number of benzene rings is 1. The minimum atomic E-state index is -3.69. The quantitative estimate of drug-likeness (QED) is 0.938. The summed E-state index contributed by atoms with van der Waals surface area (Å²) in [5.41, 5.74) is 2.09. The lowest BCUT2D eigenvalue weighted by molar-refractivity contribution is 0.591. The first-order valence-corrected chi connectivity index (χ1v) is 7.59. The van der Waals surface area contributed by atoms with Crippen molar-refractivity contribution in [3.63, 3.8) is 0 Å². The molecular formula is C14H17N3O2S. The van der Waals surface area contributed by atoms with Gasteiger partial charge in [0.1, 0.15) is 0 Å². The molecule has 0 aliphatic carbocycles. The largest absolute Gasteiger partial charge is 0.386 e. The molecule has 1 N–H and O–H groups in total. The van der Waals surface area contributed by atoms with Crippen molar-refractivity contribution in [1.29, 1.82) is 0 Å². The maximum absolute atomic E-state index is 12.6. The minimum Gasteiger partial charge on any atom is -0.386 e. The van der Waals surface area contributed by atoms with Crippen LogP contribution in [0.5, 0.6) is 0 Å². The van der Waals surface area contributed by atoms with E-state index in [1.165, 1.54) is 17.5 Å². The smallest absolute Gasteiger partial charge is 0.283 e. The van der Waals surface area contributed by atoms with Crippen LogP contribution < -0.4 is 9.62 Å². The van der Waals surface area contributed by atoms with Gasteiger partial charge in [0.05, 0.1) is 11.4 Å². The topological polar surface area (TPSA) is 62.3 Å². The van der Waals surface area contributed by atoms with E-state index < -0.39 is 10.0 Å². The minimum absolute atomic E-state index is 0.0199. The molecule has 0 fully saturated rings. The van der Waals surface area contributed by atoms with E-state index in [2.05, 4.69) is 10.3 Å². The molecule has 0 amide bonds. The number of hydrogen-bond donors (Lipinski definition) is 1. The van der Waals surface area contributed by atoms with E-state index in [0.29, 0.717) is 11.4 Å². The van der Waals surface area contributed by atoms with E-state index in [-0.39, 0.29) is 5.03 Å². The second kappa shape index (κ2) is 5.50. The van der Waals surface area contributed by atoms with Gasteiger partial charge in [-0.2, -0.15) is 8.42 Å². The van der Waals surface area contributed by atoms with E-state index in [4.69, 9.17) is 0 Å². The van der Waals surface area contributed by atoms with Crippen molar-refractivity contribution in [3.05, 3.63) is 48.2 Å². The predicted octanol–water partition coefficient (Wildman–Crippen LogP) is 2.26. The maximum Gasteiger partial charge on any atom is 0.283 e. The summed E-state index contributed by atoms with van der Waals surface area (Å²) in [6, 6.07) is 10.7. The molecule has 0 aliphatic rings. The van der Waals surface area contributed by atoms with Gasteiger partial charge in [-0.1, -0.05) is 12.1 Å². The molecule has 0 saturated heterocycles. The third-order valence-corrected chi connectivity index (χ3v) is 4.76. The molecule has 6 heteroatoms. The van der Waals surface area contributed by atoms with Gasteiger partial charge in [0.2, 0.25) is 0 Å². The van der Waals surface area contributed by atoms with Gasteiger partial charge >= 0.3 is 0 Å². The molecule has 0 aliphatic heterocycles. The predicted molar refractivity (Wildman–Crippen MR) is 80.6 cm³/mol. The zero-order valence-electron chi connectivity index (χ0n) is 11.7. The first-order valence-electron chi connectivity index (χ1n) is 6.15. The van der Waals surface area contributed by atoms with Crippen molar-refractivity contribution in [2.24, 2.45) is 0 Å². The summed E-state index contributed by atoms with van der Waals surface area (Å²) in [5, 5.41) is 2.87. The Hall–Kier alpha value is -2.08. The van der Waals surface area contributed by atoms with E-state index in [0.717, 1.165) is 5.56 Å². The van der Waals surface area contributed by atoms with E-state index in [1.54, 1.807) is 25.2 Å². The second-order valence-corrected chi connectivity index (χ2v) is 6.30. The summed E-state index contributed by atoms with van der Waals surface area (Å²) in [5.74, 6) is 0. The molecule has 0 unspecified atom stereocenters. The van der Waals surface area contributed by atoms with Crippen LogP contribution in [0.4, 0.5) is 11.4 Å². The van der Waals surface area contributed by atoms with Gasteiger partial charge in [0.15, 0.2) is 5.03 Å². The number of aromatic nitrogens is 1. The Morgan fingerprint density at radius 3 is 2.60 bits per heavy atom. The fourth-order valence-corrected chi connectivity index (χ4v) is 3.17. The van der Waals surface area contributed by atoms with Crippen molar-refractivity contribution < 1.29 is 8.42 Å². The van der Waals surface area contributed by atoms with Crippen molar-refractivity contribution in [1.82, 2.24) is 4.98 Å². The third kappa shape index (κ3) is 2.60. The first kappa shape index (κ1) is 14.3. The number of aryl methyl sites for hydroxylation is 1. The average molecular weight is 291 g/mol. The highest BCUT2D eigenvalue weighted by atomic mass is 32.2. The molecule has 20 heavy (non-hydrogen) atoms. The van der Waals surface area contributed by atoms with Crippen LogP contribution in [0.3, 0.4) is 0 Å². The highest BCUT2D eigenvalue weighted by Gasteiger charge is 2.25. The molecule has 2 aromatic rings. The molecule has 0 atom stereocenters. The summed E-state index contributed by atoms with van der Waals surface area (Å²) in [4.78, 5) is 4.00. The van der Waals surface area contributed by atoms with Gasteiger partial charge in [-0.25, -0.2) is 4.98 Å². The average Bonchev–Trinajstić information content (AvgIpc) is 2.46. The highest BCUT2D eigenvalue weighted by molar-refractivity contribution is 7.92. The molecule has 0 saturated carbocycles. The Morgan fingerprint density at radius 1 is 1.20 bits per heavy atom. The van der Waals surface area contributed by atoms with Crippen LogP contribution in [0.15, 0.2) is 47.6 Å². The Balaban J connectivity index is 2.50. The molecule has 2 rings (SSSR count). The number of nitrogens with one attached hydrogen (secondary N) is 1. The van der Waals surface area contributed by atoms with E-state index in [1.807, 2.05) is 25.1 Å². The molecule has 0 radical (unpaired) electrons. The Labute approximate surface area is 119 Å². The fourth-order valence-electron chi connectivity index (χ4n) is 1.88. The summed E-state index contributed by atoms with van der Waals surface area (Å²) >= 11 is 0. The number of pyridine rings is 1. The van der Waals surface area contributed by atoms with Crippen LogP contribution >= 0.6 is 0 Å². The lowest BCUT2D eigenvalue weighted by Gasteiger charge is -2.20. The number of sulfonamides is 1. The van der Waals surface area contributed by atoms with Crippen molar-refractivity contribution in [2.75, 3.05) is 23.7 Å². The summed E-state index contributed by atoms with van der Waals surface area (Å²) in [6.07, 6.45) is 1.47. The number of nitrogens with zero attached hydrogens (tertiary/aromatic N) is 2. The lowest BCUT2D eigenvalue weighted by Crippen LogP contribution is -2.28. The van der Waals surface area contributed by atoms with Crippen LogP contribution in [0.25, 0.3) is 0 Å². The Kier molecular flexibility index (Phi) is 3.94. The molecular weight excluding hydrogens is 274 g/mol. The number of rotatable bonds is 4. The summed E-state index contributed by atoms with van der Waals surface area (Å²) < 4.78 is 26.5. The molecule has 1 aromatic carbocycles. The Bertz CT molecular complexity index is 714. The third-order valence-electron chi connectivity index (χ3n) is 3.01. The van der Waals surface area contributed by atoms with Crippen LogP contribution in [-0.2, 0) is 10.0 Å². The van der Waals surface area contributed by atoms with Gasteiger partial charge in [0.25, 0.3) is 10.0 Å². The van der Waals surface area contributed by atoms with Crippen LogP contribution in [0.1, 0.15) is 5.56 Å². The Morgan fingerprint density at radius 2 is 1.95 bits per heavy atom. The van der Waals surface area contributed by atoms with Crippen LogP contribution in [-0.4, -0.2) is 27.5 Å². The molecule has 106 valence electrons. The van der Waals surface area contributed by atoms with Crippen LogP contribution in [0.2, 0.25) is 0 Å². The molecule has 0 spiro atoms. The highest BCUT2D eigenvalue weighted by Crippen LogP contribution is 2.25. The second-order valence-electron chi connectivity index (χ2n) is 4.42. The van der Waals surface area contributed by atoms with Crippen LogP contribution in [0, 0.1) is 6.92 Å². The fraction of sp³-hybridized carbons (Fsp3) is 0.214. The monoisotopic (exact) mass is 291 g/mol. The van der Waals surface area contributed by atoms with Crippen molar-refractivity contribution in [3.8, 4) is 0 Å². The SMILES string of the molecule is CNc1cccnc1S(=O)(=O)N(C)c1cccc(C)c1. The molecule has 1 heterocycles. The zero-order valence-corrected chi connectivity index (χ0v) is 12.5. The van der Waals surface area contributed by atoms with Gasteiger partial charge in [-0.3, -0.25) is 4.31 Å². The lowest BCUT2D eigenvalue weighted by atomic mass is 10.2. The molecule has 1 aromatic heterocycles. The van der Waals surface area contributed by atoms with Crippen molar-refractivity contribution >= 4 is 21.4 Å². The van der Waals surface area contributed by atoms with Crippen molar-refractivity contribution in [2.45, 2.75) is 11.9 Å². The summed E-state index contributed by atoms with van der Waals surface area (Å²) in [7, 11) is -0.496. The number of anilines is 2.